The first kappa shape index (κ1) is 29.0. The van der Waals surface area contributed by atoms with E-state index in [1.165, 1.54) is 18.5 Å². The number of ether oxygens (including phenoxy) is 1. The molecular weight excluding hydrogens is 519 g/mol. The maximum Gasteiger partial charge on any atom is 0.416 e. The average Bonchev–Trinajstić information content (AvgIpc) is 3.26. The minimum Gasteiger partial charge on any atom is -0.374 e. The lowest BCUT2D eigenvalue weighted by Crippen LogP contribution is -2.62. The maximum absolute atomic E-state index is 13.4. The number of hydrogen-bond donors (Lipinski definition) is 0. The molecular formula is C30H40F3N5O2. The summed E-state index contributed by atoms with van der Waals surface area (Å²) in [4.78, 5) is 28.6. The van der Waals surface area contributed by atoms with Gasteiger partial charge in [0, 0.05) is 57.0 Å². The Kier molecular flexibility index (Phi) is 7.98. The normalized spacial score (nSPS) is 25.7. The zero-order valence-corrected chi connectivity index (χ0v) is 24.1. The van der Waals surface area contributed by atoms with Gasteiger partial charge in [0.2, 0.25) is 0 Å². The van der Waals surface area contributed by atoms with E-state index >= 15 is 0 Å². The number of carbonyl (C=O) groups is 1. The van der Waals surface area contributed by atoms with Crippen molar-refractivity contribution in [3.63, 3.8) is 0 Å². The van der Waals surface area contributed by atoms with Crippen molar-refractivity contribution >= 4 is 5.91 Å². The maximum atomic E-state index is 13.4. The number of fused-ring (bicyclic) bond motifs is 1. The number of likely N-dealkylation sites (tertiary alicyclic amines) is 1. The first-order chi connectivity index (χ1) is 18.9. The second kappa shape index (κ2) is 11.0. The largest absolute Gasteiger partial charge is 0.416 e. The van der Waals surface area contributed by atoms with Gasteiger partial charge in [-0.15, -0.1) is 0 Å². The number of rotatable bonds is 5. The Morgan fingerprint density at radius 1 is 1.07 bits per heavy atom. The topological polar surface area (TPSA) is 61.8 Å². The molecule has 218 valence electrons. The molecule has 5 rings (SSSR count). The summed E-state index contributed by atoms with van der Waals surface area (Å²) in [6.45, 7) is 14.5. The van der Waals surface area contributed by atoms with E-state index in [2.05, 4.69) is 33.6 Å². The molecule has 0 radical (unpaired) electrons. The van der Waals surface area contributed by atoms with Crippen molar-refractivity contribution in [3.05, 3.63) is 58.2 Å². The van der Waals surface area contributed by atoms with Crippen LogP contribution in [0.1, 0.15) is 90.6 Å². The third-order valence-corrected chi connectivity index (χ3v) is 9.34. The molecule has 0 spiro atoms. The molecule has 1 aromatic carbocycles. The second-order valence-corrected chi connectivity index (χ2v) is 11.8. The van der Waals surface area contributed by atoms with Gasteiger partial charge in [-0.3, -0.25) is 14.6 Å². The van der Waals surface area contributed by atoms with Crippen LogP contribution in [0, 0.1) is 13.8 Å². The van der Waals surface area contributed by atoms with Crippen LogP contribution in [0.25, 0.3) is 0 Å². The van der Waals surface area contributed by atoms with Crippen molar-refractivity contribution in [2.75, 3.05) is 39.3 Å². The van der Waals surface area contributed by atoms with Gasteiger partial charge in [-0.05, 0) is 77.1 Å². The highest BCUT2D eigenvalue weighted by Gasteiger charge is 2.44. The quantitative estimate of drug-likeness (QED) is 0.493. The van der Waals surface area contributed by atoms with E-state index in [-0.39, 0.29) is 29.6 Å². The molecule has 1 aromatic heterocycles. The highest BCUT2D eigenvalue weighted by Crippen LogP contribution is 2.47. The Hall–Kier alpha value is -2.56. The molecule has 0 saturated carbocycles. The van der Waals surface area contributed by atoms with Crippen molar-refractivity contribution in [1.82, 2.24) is 24.7 Å². The first-order valence-corrected chi connectivity index (χ1v) is 14.3. The van der Waals surface area contributed by atoms with Crippen LogP contribution in [-0.4, -0.2) is 81.5 Å². The van der Waals surface area contributed by atoms with Gasteiger partial charge in [-0.1, -0.05) is 6.07 Å². The van der Waals surface area contributed by atoms with E-state index in [4.69, 9.17) is 4.74 Å². The van der Waals surface area contributed by atoms with Gasteiger partial charge in [0.25, 0.3) is 5.91 Å². The number of aryl methyl sites for hydroxylation is 2. The summed E-state index contributed by atoms with van der Waals surface area (Å²) in [6, 6.07) is 4.44. The zero-order valence-electron chi connectivity index (χ0n) is 24.1. The summed E-state index contributed by atoms with van der Waals surface area (Å²) in [6.07, 6.45) is -0.752. The fourth-order valence-corrected chi connectivity index (χ4v) is 6.96. The molecule has 2 fully saturated rings. The molecule has 1 aliphatic carbocycles. The fourth-order valence-electron chi connectivity index (χ4n) is 6.96. The number of amides is 1. The summed E-state index contributed by atoms with van der Waals surface area (Å²) in [5, 5.41) is 0. The molecule has 2 aliphatic heterocycles. The number of benzene rings is 1. The molecule has 0 N–H and O–H groups in total. The zero-order chi connectivity index (χ0) is 28.8. The number of halogens is 3. The number of piperidine rings is 1. The minimum absolute atomic E-state index is 0.00766. The van der Waals surface area contributed by atoms with Crippen LogP contribution >= 0.6 is 0 Å². The third kappa shape index (κ3) is 5.37. The number of aromatic nitrogens is 2. The van der Waals surface area contributed by atoms with Crippen LogP contribution in [0.3, 0.4) is 0 Å². The number of nitrogens with zero attached hydrogens (tertiary/aromatic N) is 5. The van der Waals surface area contributed by atoms with E-state index in [1.807, 2.05) is 25.7 Å². The van der Waals surface area contributed by atoms with Crippen molar-refractivity contribution in [2.24, 2.45) is 0 Å². The van der Waals surface area contributed by atoms with Gasteiger partial charge >= 0.3 is 6.18 Å². The molecule has 1 amide bonds. The van der Waals surface area contributed by atoms with E-state index in [9.17, 15) is 18.0 Å². The Balaban J connectivity index is 1.25. The lowest BCUT2D eigenvalue weighted by Gasteiger charge is -2.52. The van der Waals surface area contributed by atoms with E-state index in [0.29, 0.717) is 48.6 Å². The average molecular weight is 560 g/mol. The summed E-state index contributed by atoms with van der Waals surface area (Å²) >= 11 is 0. The Morgan fingerprint density at radius 3 is 2.35 bits per heavy atom. The van der Waals surface area contributed by atoms with E-state index < -0.39 is 11.7 Å². The standard InChI is InChI=1S/C30H40F3N5O2/c1-6-40-26-16-25(23-8-7-22(15-24(23)26)30(31,32)33)38-14-13-37(17-19(38)2)29(5)9-11-36(12-10-29)28(39)27-20(3)34-18-35-21(27)4/h7-8,15,18-19,25-26H,6,9-14,16-17H2,1-5H3/t19-,25?,26-/m0/s1. The van der Waals surface area contributed by atoms with E-state index in [1.54, 1.807) is 6.07 Å². The highest BCUT2D eigenvalue weighted by molar-refractivity contribution is 5.96. The molecule has 3 heterocycles. The van der Waals surface area contributed by atoms with Crippen molar-refractivity contribution in [2.45, 2.75) is 83.8 Å². The predicted molar refractivity (Wildman–Crippen MR) is 146 cm³/mol. The first-order valence-electron chi connectivity index (χ1n) is 14.3. The van der Waals surface area contributed by atoms with Crippen molar-refractivity contribution < 1.29 is 22.7 Å². The summed E-state index contributed by atoms with van der Waals surface area (Å²) in [5.41, 5.74) is 3.04. The number of hydrogen-bond acceptors (Lipinski definition) is 6. The summed E-state index contributed by atoms with van der Waals surface area (Å²) in [7, 11) is 0. The molecule has 10 heteroatoms. The van der Waals surface area contributed by atoms with Gasteiger partial charge in [-0.25, -0.2) is 9.97 Å². The SMILES string of the molecule is CCO[C@H]1CC(N2CCN(C3(C)CCN(C(=O)c4c(C)ncnc4C)CC3)C[C@@H]2C)c2ccc(C(F)(F)F)cc21. The van der Waals surface area contributed by atoms with Crippen LogP contribution < -0.4 is 0 Å². The Bertz CT molecular complexity index is 1220. The molecule has 40 heavy (non-hydrogen) atoms. The molecule has 3 aliphatic rings. The van der Waals surface area contributed by atoms with Gasteiger partial charge in [0.05, 0.1) is 28.6 Å². The molecule has 2 aromatic rings. The van der Waals surface area contributed by atoms with Crippen LogP contribution in [0.2, 0.25) is 0 Å². The lowest BCUT2D eigenvalue weighted by atomic mass is 9.86. The van der Waals surface area contributed by atoms with Gasteiger partial charge in [-0.2, -0.15) is 13.2 Å². The molecule has 2 saturated heterocycles. The van der Waals surface area contributed by atoms with Gasteiger partial charge < -0.3 is 9.64 Å². The van der Waals surface area contributed by atoms with Crippen LogP contribution in [-0.2, 0) is 10.9 Å². The summed E-state index contributed by atoms with van der Waals surface area (Å²) < 4.78 is 46.3. The molecule has 1 unspecified atom stereocenters. The van der Waals surface area contributed by atoms with Crippen LogP contribution in [0.5, 0.6) is 0 Å². The Morgan fingerprint density at radius 2 is 1.75 bits per heavy atom. The van der Waals surface area contributed by atoms with Crippen molar-refractivity contribution in [3.8, 4) is 0 Å². The highest BCUT2D eigenvalue weighted by atomic mass is 19.4. The monoisotopic (exact) mass is 559 g/mol. The number of carbonyl (C=O) groups excluding carboxylic acids is 1. The second-order valence-electron chi connectivity index (χ2n) is 11.8. The fraction of sp³-hybridized carbons (Fsp3) is 0.633. The molecule has 3 atom stereocenters. The summed E-state index contributed by atoms with van der Waals surface area (Å²) in [5.74, 6) is 0.00766. The minimum atomic E-state index is -4.37. The van der Waals surface area contributed by atoms with E-state index in [0.717, 1.165) is 38.0 Å². The van der Waals surface area contributed by atoms with Crippen LogP contribution in [0.4, 0.5) is 13.2 Å². The lowest BCUT2D eigenvalue weighted by molar-refractivity contribution is -0.137. The smallest absolute Gasteiger partial charge is 0.374 e. The van der Waals surface area contributed by atoms with Crippen LogP contribution in [0.15, 0.2) is 24.5 Å². The third-order valence-electron chi connectivity index (χ3n) is 9.34. The Labute approximate surface area is 234 Å². The number of alkyl halides is 3. The van der Waals surface area contributed by atoms with Gasteiger partial charge in [0.15, 0.2) is 0 Å². The predicted octanol–water partition coefficient (Wildman–Crippen LogP) is 5.34. The molecule has 0 bridgehead atoms. The molecule has 7 nitrogen and oxygen atoms in total. The van der Waals surface area contributed by atoms with Crippen molar-refractivity contribution in [1.29, 1.82) is 0 Å². The number of piperazine rings is 1. The van der Waals surface area contributed by atoms with Gasteiger partial charge in [0.1, 0.15) is 6.33 Å².